The van der Waals surface area contributed by atoms with E-state index in [2.05, 4.69) is 97.1 Å². The highest BCUT2D eigenvalue weighted by atomic mass is 16.3. The van der Waals surface area contributed by atoms with Gasteiger partial charge < -0.3 is 13.3 Å². The SMILES string of the molecule is c1ccc2c(c1)oc1ccc(-c3c4ccccc4c(-c4ccc5oc6ccc7occc7c6c5c4)c4ccccc34)cc12. The minimum atomic E-state index is 0.864. The van der Waals surface area contributed by atoms with Crippen LogP contribution in [0.5, 0.6) is 0 Å². The van der Waals surface area contributed by atoms with Crippen molar-refractivity contribution in [1.29, 1.82) is 0 Å². The number of hydrogen-bond donors (Lipinski definition) is 0. The molecule has 0 aliphatic heterocycles. The molecule has 3 heterocycles. The van der Waals surface area contributed by atoms with E-state index in [1.165, 1.54) is 38.2 Å². The summed E-state index contributed by atoms with van der Waals surface area (Å²) < 4.78 is 18.2. The second-order valence-electron chi connectivity index (χ2n) is 11.2. The van der Waals surface area contributed by atoms with Crippen LogP contribution in [0.15, 0.2) is 147 Å². The fourth-order valence-corrected chi connectivity index (χ4v) is 7.11. The Bertz CT molecular complexity index is 2680. The maximum absolute atomic E-state index is 6.28. The summed E-state index contributed by atoms with van der Waals surface area (Å²) in [6.45, 7) is 0. The van der Waals surface area contributed by atoms with E-state index in [-0.39, 0.29) is 0 Å². The summed E-state index contributed by atoms with van der Waals surface area (Å²) in [5, 5.41) is 10.4. The minimum absolute atomic E-state index is 0.864. The molecule has 0 aliphatic rings. The van der Waals surface area contributed by atoms with E-state index in [1.54, 1.807) is 6.26 Å². The lowest BCUT2D eigenvalue weighted by Gasteiger charge is -2.18. The first-order chi connectivity index (χ1) is 21.3. The average molecular weight is 551 g/mol. The molecule has 43 heavy (non-hydrogen) atoms. The van der Waals surface area contributed by atoms with E-state index < -0.39 is 0 Å². The van der Waals surface area contributed by atoms with Gasteiger partial charge in [0.1, 0.15) is 27.9 Å². The van der Waals surface area contributed by atoms with Crippen molar-refractivity contribution in [2.24, 2.45) is 0 Å². The van der Waals surface area contributed by atoms with Crippen LogP contribution in [-0.4, -0.2) is 0 Å². The topological polar surface area (TPSA) is 39.4 Å². The Morgan fingerprint density at radius 2 is 0.814 bits per heavy atom. The van der Waals surface area contributed by atoms with E-state index in [1.807, 2.05) is 30.3 Å². The fraction of sp³-hybridized carbons (Fsp3) is 0. The molecular formula is C40H22O3. The molecule has 0 N–H and O–H groups in total. The van der Waals surface area contributed by atoms with E-state index in [0.717, 1.165) is 60.4 Å². The molecule has 0 aliphatic carbocycles. The van der Waals surface area contributed by atoms with Gasteiger partial charge in [-0.1, -0.05) is 78.9 Å². The monoisotopic (exact) mass is 550 g/mol. The third-order valence-electron chi connectivity index (χ3n) is 8.95. The van der Waals surface area contributed by atoms with Crippen molar-refractivity contribution < 1.29 is 13.3 Å². The number of hydrogen-bond acceptors (Lipinski definition) is 3. The van der Waals surface area contributed by atoms with Crippen LogP contribution < -0.4 is 0 Å². The van der Waals surface area contributed by atoms with Gasteiger partial charge in [0.25, 0.3) is 0 Å². The van der Waals surface area contributed by atoms with Gasteiger partial charge in [-0.3, -0.25) is 0 Å². The molecule has 3 nitrogen and oxygen atoms in total. The summed E-state index contributed by atoms with van der Waals surface area (Å²) in [4.78, 5) is 0. The number of rotatable bonds is 2. The largest absolute Gasteiger partial charge is 0.464 e. The molecule has 3 aromatic heterocycles. The van der Waals surface area contributed by atoms with Crippen LogP contribution >= 0.6 is 0 Å². The average Bonchev–Trinajstić information content (AvgIpc) is 3.78. The van der Waals surface area contributed by atoms with Crippen LogP contribution in [-0.2, 0) is 0 Å². The number of benzene rings is 7. The molecular weight excluding hydrogens is 528 g/mol. The molecule has 0 unspecified atom stereocenters. The molecule has 200 valence electrons. The van der Waals surface area contributed by atoms with Gasteiger partial charge in [-0.05, 0) is 92.3 Å². The first kappa shape index (κ1) is 22.8. The number of fused-ring (bicyclic) bond motifs is 10. The van der Waals surface area contributed by atoms with Crippen LogP contribution in [0.1, 0.15) is 0 Å². The minimum Gasteiger partial charge on any atom is -0.464 e. The first-order valence-electron chi connectivity index (χ1n) is 14.5. The van der Waals surface area contributed by atoms with Gasteiger partial charge in [0.15, 0.2) is 0 Å². The molecule has 3 heteroatoms. The molecule has 0 fully saturated rings. The van der Waals surface area contributed by atoms with Crippen LogP contribution in [0, 0.1) is 0 Å². The Hall–Kier alpha value is -5.80. The zero-order valence-electron chi connectivity index (χ0n) is 22.9. The smallest absolute Gasteiger partial charge is 0.136 e. The lowest BCUT2D eigenvalue weighted by atomic mass is 9.85. The van der Waals surface area contributed by atoms with Crippen LogP contribution in [0.4, 0.5) is 0 Å². The van der Waals surface area contributed by atoms with Crippen molar-refractivity contribution in [3.8, 4) is 22.3 Å². The van der Waals surface area contributed by atoms with Gasteiger partial charge in [-0.25, -0.2) is 0 Å². The Labute approximate surface area is 245 Å². The molecule has 0 radical (unpaired) electrons. The highest BCUT2D eigenvalue weighted by molar-refractivity contribution is 6.24. The molecule has 0 saturated heterocycles. The summed E-state index contributed by atoms with van der Waals surface area (Å²) in [6, 6.07) is 45.0. The summed E-state index contributed by atoms with van der Waals surface area (Å²) in [5.74, 6) is 0. The Balaban J connectivity index is 1.30. The maximum Gasteiger partial charge on any atom is 0.136 e. The summed E-state index contributed by atoms with van der Waals surface area (Å²) in [6.07, 6.45) is 1.75. The van der Waals surface area contributed by atoms with Crippen molar-refractivity contribution in [2.45, 2.75) is 0 Å². The van der Waals surface area contributed by atoms with E-state index in [4.69, 9.17) is 13.3 Å². The van der Waals surface area contributed by atoms with Crippen molar-refractivity contribution in [1.82, 2.24) is 0 Å². The molecule has 0 bridgehead atoms. The molecule has 10 rings (SSSR count). The zero-order chi connectivity index (χ0) is 28.1. The van der Waals surface area contributed by atoms with Crippen LogP contribution in [0.25, 0.3) is 98.6 Å². The summed E-state index contributed by atoms with van der Waals surface area (Å²) >= 11 is 0. The van der Waals surface area contributed by atoms with E-state index in [0.29, 0.717) is 0 Å². The second kappa shape index (κ2) is 8.37. The Morgan fingerprint density at radius 1 is 0.326 bits per heavy atom. The molecule has 7 aromatic carbocycles. The zero-order valence-corrected chi connectivity index (χ0v) is 22.9. The summed E-state index contributed by atoms with van der Waals surface area (Å²) in [5.41, 5.74) is 9.21. The summed E-state index contributed by atoms with van der Waals surface area (Å²) in [7, 11) is 0. The lowest BCUT2D eigenvalue weighted by Crippen LogP contribution is -1.90. The van der Waals surface area contributed by atoms with Gasteiger partial charge in [-0.2, -0.15) is 0 Å². The van der Waals surface area contributed by atoms with E-state index >= 15 is 0 Å². The third-order valence-corrected chi connectivity index (χ3v) is 8.95. The highest BCUT2D eigenvalue weighted by Crippen LogP contribution is 2.46. The fourth-order valence-electron chi connectivity index (χ4n) is 7.11. The number of furan rings is 3. The predicted octanol–water partition coefficient (Wildman–Crippen LogP) is 11.9. The molecule has 0 amide bonds. The van der Waals surface area contributed by atoms with Crippen LogP contribution in [0.3, 0.4) is 0 Å². The van der Waals surface area contributed by atoms with Crippen molar-refractivity contribution in [3.63, 3.8) is 0 Å². The van der Waals surface area contributed by atoms with Crippen molar-refractivity contribution in [3.05, 3.63) is 134 Å². The Kier molecular flexibility index (Phi) is 4.45. The third kappa shape index (κ3) is 3.14. The number of para-hydroxylation sites is 1. The van der Waals surface area contributed by atoms with Crippen molar-refractivity contribution >= 4 is 76.4 Å². The molecule has 0 atom stereocenters. The second-order valence-corrected chi connectivity index (χ2v) is 11.2. The molecule has 10 aromatic rings. The quantitative estimate of drug-likeness (QED) is 0.201. The molecule has 0 saturated carbocycles. The normalized spacial score (nSPS) is 12.2. The standard InChI is InChI=1S/C40H22O3/c1-3-10-28-26(8-1)38(23-13-15-35-31(21-23)25-7-5-6-12-34(25)42-35)27-9-2-4-11-29(27)39(28)24-14-16-36-32(22-24)40-30-19-20-41-33(30)17-18-37(40)43-36/h1-22H. The maximum atomic E-state index is 6.28. The van der Waals surface area contributed by atoms with Gasteiger partial charge in [0.2, 0.25) is 0 Å². The molecule has 0 spiro atoms. The predicted molar refractivity (Wildman–Crippen MR) is 177 cm³/mol. The van der Waals surface area contributed by atoms with Crippen molar-refractivity contribution in [2.75, 3.05) is 0 Å². The van der Waals surface area contributed by atoms with E-state index in [9.17, 15) is 0 Å². The van der Waals surface area contributed by atoms with Gasteiger partial charge >= 0.3 is 0 Å². The van der Waals surface area contributed by atoms with Gasteiger partial charge in [-0.15, -0.1) is 0 Å². The Morgan fingerprint density at radius 3 is 1.49 bits per heavy atom. The van der Waals surface area contributed by atoms with Gasteiger partial charge in [0, 0.05) is 26.9 Å². The van der Waals surface area contributed by atoms with Gasteiger partial charge in [0.05, 0.1) is 6.26 Å². The highest BCUT2D eigenvalue weighted by Gasteiger charge is 2.19. The lowest BCUT2D eigenvalue weighted by molar-refractivity contribution is 0.615. The first-order valence-corrected chi connectivity index (χ1v) is 14.5. The van der Waals surface area contributed by atoms with Crippen LogP contribution in [0.2, 0.25) is 0 Å².